The molecule has 5 aromatic rings. The van der Waals surface area contributed by atoms with Crippen molar-refractivity contribution in [1.82, 2.24) is 0 Å². The van der Waals surface area contributed by atoms with Gasteiger partial charge in [-0.3, -0.25) is 9.59 Å². The lowest BCUT2D eigenvalue weighted by molar-refractivity contribution is -0.339. The molecule has 3 heterocycles. The van der Waals surface area contributed by atoms with Crippen molar-refractivity contribution in [3.63, 3.8) is 0 Å². The lowest BCUT2D eigenvalue weighted by atomic mass is 9.96. The maximum atomic E-state index is 14.1. The Morgan fingerprint density at radius 2 is 0.662 bits per heavy atom. The van der Waals surface area contributed by atoms with Crippen LogP contribution in [0.5, 0.6) is 0 Å². The molecule has 23 heteroatoms. The molecule has 3 fully saturated rings. The molecule has 0 spiro atoms. The molecule has 23 nitrogen and oxygen atoms in total. The van der Waals surface area contributed by atoms with Gasteiger partial charge in [0.25, 0.3) is 0 Å². The minimum Gasteiger partial charge on any atom is -0.456 e. The van der Waals surface area contributed by atoms with Crippen molar-refractivity contribution in [3.05, 3.63) is 179 Å². The first-order valence-corrected chi connectivity index (χ1v) is 25.1. The average molecular weight is 1110 g/mol. The number of ether oxygens (including phenoxy) is 12. The van der Waals surface area contributed by atoms with Gasteiger partial charge in [-0.25, -0.2) is 24.0 Å². The minimum absolute atomic E-state index is 0.00655. The maximum Gasteiger partial charge on any atom is 0.338 e. The fourth-order valence-electron chi connectivity index (χ4n) is 8.91. The van der Waals surface area contributed by atoms with E-state index >= 15 is 0 Å². The van der Waals surface area contributed by atoms with E-state index in [0.717, 1.165) is 13.8 Å². The minimum atomic E-state index is -2.09. The number of hydrogen-bond donors (Lipinski definition) is 4. The predicted octanol–water partition coefficient (Wildman–Crippen LogP) is 2.89. The van der Waals surface area contributed by atoms with Crippen LogP contribution in [0, 0.1) is 0 Å². The van der Waals surface area contributed by atoms with E-state index < -0.39 is 154 Å². The van der Waals surface area contributed by atoms with Gasteiger partial charge in [0.05, 0.1) is 47.6 Å². The standard InChI is InChI=1S/C57H56O23/c1-31(59)71-44-39(73-55(68)41(61)46(44)78-52(65)35-22-12-5-13-23-35)29-70-57-49(72-32(2)60)48(80-54(67)37-26-16-7-17-27-37)45(77-51(64)34-20-10-4-11-21-34)40(75-57)30-69-56-42(62)47(79-53(66)36-24-14-6-15-25-36)43(38(28-58)74-56)76-50(63)33-18-8-3-9-19-33/h3-27,38-49,55-58,61-62,68H,28-30H2,1-2H3/t38-,39-,40-,41+,42+,43-,44-,45-,46-,47-,48+,49+,55+,56+,57+/m1/s1. The van der Waals surface area contributed by atoms with Crippen LogP contribution in [0.2, 0.25) is 0 Å². The molecule has 0 aliphatic carbocycles. The molecule has 0 bridgehead atoms. The second-order valence-electron chi connectivity index (χ2n) is 18.3. The molecule has 80 heavy (non-hydrogen) atoms. The van der Waals surface area contributed by atoms with Gasteiger partial charge in [0.2, 0.25) is 0 Å². The number of aliphatic hydroxyl groups is 4. The van der Waals surface area contributed by atoms with Crippen LogP contribution >= 0.6 is 0 Å². The Labute approximate surface area is 456 Å². The Morgan fingerprint density at radius 1 is 0.362 bits per heavy atom. The highest BCUT2D eigenvalue weighted by atomic mass is 16.8. The van der Waals surface area contributed by atoms with Crippen molar-refractivity contribution in [2.24, 2.45) is 0 Å². The molecule has 0 radical (unpaired) electrons. The van der Waals surface area contributed by atoms with Crippen molar-refractivity contribution >= 4 is 41.8 Å². The second kappa shape index (κ2) is 27.3. The molecule has 3 aliphatic rings. The summed E-state index contributed by atoms with van der Waals surface area (Å²) < 4.78 is 71.1. The summed E-state index contributed by atoms with van der Waals surface area (Å²) in [4.78, 5) is 94.3. The summed E-state index contributed by atoms with van der Waals surface area (Å²) in [7, 11) is 0. The fraction of sp³-hybridized carbons (Fsp3) is 0.351. The van der Waals surface area contributed by atoms with E-state index in [-0.39, 0.29) is 27.8 Å². The molecule has 5 aromatic carbocycles. The zero-order chi connectivity index (χ0) is 56.9. The van der Waals surface area contributed by atoms with E-state index in [2.05, 4.69) is 0 Å². The van der Waals surface area contributed by atoms with Crippen LogP contribution in [0.3, 0.4) is 0 Å². The van der Waals surface area contributed by atoms with Crippen molar-refractivity contribution < 1.29 is 111 Å². The van der Waals surface area contributed by atoms with Gasteiger partial charge in [-0.15, -0.1) is 0 Å². The number of hydrogen-bond acceptors (Lipinski definition) is 23. The molecular formula is C57H56O23. The Bertz CT molecular complexity index is 2880. The molecule has 0 unspecified atom stereocenters. The van der Waals surface area contributed by atoms with Gasteiger partial charge in [0.1, 0.15) is 30.5 Å². The largest absolute Gasteiger partial charge is 0.456 e. The first kappa shape index (κ1) is 58.2. The highest BCUT2D eigenvalue weighted by molar-refractivity contribution is 5.92. The van der Waals surface area contributed by atoms with Gasteiger partial charge in [0, 0.05) is 13.8 Å². The number of rotatable bonds is 19. The van der Waals surface area contributed by atoms with Gasteiger partial charge in [-0.05, 0) is 60.7 Å². The third-order valence-corrected chi connectivity index (χ3v) is 12.7. The monoisotopic (exact) mass is 1110 g/mol. The Balaban J connectivity index is 1.14. The van der Waals surface area contributed by atoms with E-state index in [9.17, 15) is 54.0 Å². The third kappa shape index (κ3) is 14.4. The first-order chi connectivity index (χ1) is 38.6. The highest BCUT2D eigenvalue weighted by Gasteiger charge is 2.56. The number of benzene rings is 5. The summed E-state index contributed by atoms with van der Waals surface area (Å²) in [6.45, 7) is -0.538. The van der Waals surface area contributed by atoms with Crippen molar-refractivity contribution in [1.29, 1.82) is 0 Å². The molecular weight excluding hydrogens is 1050 g/mol. The highest BCUT2D eigenvalue weighted by Crippen LogP contribution is 2.35. The van der Waals surface area contributed by atoms with Gasteiger partial charge in [-0.2, -0.15) is 0 Å². The predicted molar refractivity (Wildman–Crippen MR) is 269 cm³/mol. The average Bonchev–Trinajstić information content (AvgIpc) is 3.49. The normalized spacial score (nSPS) is 28.2. The van der Waals surface area contributed by atoms with Crippen molar-refractivity contribution in [2.45, 2.75) is 106 Å². The van der Waals surface area contributed by atoms with Gasteiger partial charge in [-0.1, -0.05) is 91.0 Å². The molecule has 3 saturated heterocycles. The smallest absolute Gasteiger partial charge is 0.338 e. The Hall–Kier alpha value is -7.97. The number of carbonyl (C=O) groups is 7. The summed E-state index contributed by atoms with van der Waals surface area (Å²) >= 11 is 0. The first-order valence-electron chi connectivity index (χ1n) is 25.1. The van der Waals surface area contributed by atoms with E-state index in [1.165, 1.54) is 84.9 Å². The topological polar surface area (TPSA) is 311 Å². The Kier molecular flexibility index (Phi) is 19.8. The lowest BCUT2D eigenvalue weighted by Crippen LogP contribution is -2.65. The van der Waals surface area contributed by atoms with Gasteiger partial charge < -0.3 is 77.3 Å². The van der Waals surface area contributed by atoms with E-state index in [1.54, 1.807) is 66.7 Å². The molecule has 4 N–H and O–H groups in total. The van der Waals surface area contributed by atoms with E-state index in [4.69, 9.17) is 56.8 Å². The number of aliphatic hydroxyl groups excluding tert-OH is 4. The quantitative estimate of drug-likeness (QED) is 0.0682. The summed E-state index contributed by atoms with van der Waals surface area (Å²) in [5.74, 6) is -6.87. The fourth-order valence-corrected chi connectivity index (χ4v) is 8.91. The molecule has 422 valence electrons. The van der Waals surface area contributed by atoms with Crippen LogP contribution in [0.1, 0.15) is 65.6 Å². The SMILES string of the molecule is CC(=O)O[C@@H]1[C@@H](OC[C@H]2O[C@H](O)[C@@H](O)[C@@H](OC(=O)c3ccccc3)[C@@H]2OC(C)=O)O[C@H](CO[C@H]2O[C@H](CO)[C@@H](OC(=O)c3ccccc3)[C@H](OC(=O)c3ccccc3)[C@@H]2O)[C@@H](OC(=O)c2ccccc2)[C@@H]1OC(=O)c1ccccc1. The number of carbonyl (C=O) groups excluding carboxylic acids is 7. The van der Waals surface area contributed by atoms with Crippen molar-refractivity contribution in [2.75, 3.05) is 19.8 Å². The third-order valence-electron chi connectivity index (χ3n) is 12.7. The molecule has 15 atom stereocenters. The molecule has 3 aliphatic heterocycles. The van der Waals surface area contributed by atoms with Crippen molar-refractivity contribution in [3.8, 4) is 0 Å². The zero-order valence-electron chi connectivity index (χ0n) is 42.8. The summed E-state index contributed by atoms with van der Waals surface area (Å²) in [6, 6.07) is 37.9. The lowest BCUT2D eigenvalue weighted by Gasteiger charge is -2.46. The Morgan fingerprint density at radius 3 is 1.05 bits per heavy atom. The zero-order valence-corrected chi connectivity index (χ0v) is 42.8. The molecule has 0 saturated carbocycles. The van der Waals surface area contributed by atoms with Gasteiger partial charge >= 0.3 is 41.8 Å². The van der Waals surface area contributed by atoms with Crippen LogP contribution in [-0.2, 0) is 66.4 Å². The van der Waals surface area contributed by atoms with Crippen LogP contribution in [0.4, 0.5) is 0 Å². The van der Waals surface area contributed by atoms with Crippen LogP contribution in [0.25, 0.3) is 0 Å². The summed E-state index contributed by atoms with van der Waals surface area (Å²) in [6.07, 6.45) is -27.4. The van der Waals surface area contributed by atoms with E-state index in [0.29, 0.717) is 0 Å². The molecule has 8 rings (SSSR count). The number of esters is 7. The van der Waals surface area contributed by atoms with Crippen LogP contribution in [-0.4, -0.2) is 174 Å². The van der Waals surface area contributed by atoms with E-state index in [1.807, 2.05) is 0 Å². The molecule has 0 aromatic heterocycles. The van der Waals surface area contributed by atoms with Crippen LogP contribution in [0.15, 0.2) is 152 Å². The van der Waals surface area contributed by atoms with Gasteiger partial charge in [0.15, 0.2) is 61.6 Å². The summed E-state index contributed by atoms with van der Waals surface area (Å²) in [5.41, 5.74) is 0.115. The van der Waals surface area contributed by atoms with Crippen LogP contribution < -0.4 is 0 Å². The summed E-state index contributed by atoms with van der Waals surface area (Å²) in [5, 5.41) is 44.9. The maximum absolute atomic E-state index is 14.1. The second-order valence-corrected chi connectivity index (χ2v) is 18.3. The molecule has 0 amide bonds.